The third-order valence-corrected chi connectivity index (χ3v) is 6.25. The first-order valence-electron chi connectivity index (χ1n) is 10.8. The van der Waals surface area contributed by atoms with Gasteiger partial charge in [0.15, 0.2) is 17.5 Å². The molecule has 0 aliphatic rings. The van der Waals surface area contributed by atoms with Crippen LogP contribution in [0.15, 0.2) is 65.7 Å². The molecule has 184 valence electrons. The molecule has 35 heavy (non-hydrogen) atoms. The van der Waals surface area contributed by atoms with Crippen molar-refractivity contribution in [3.05, 3.63) is 81.0 Å². The normalized spacial score (nSPS) is 12.0. The molecule has 0 saturated carbocycles. The number of carbonyl (C=O) groups is 2. The molecular formula is C25H27ClN4O4S. The van der Waals surface area contributed by atoms with Crippen LogP contribution in [0.1, 0.15) is 16.0 Å². The molecule has 3 aromatic rings. The van der Waals surface area contributed by atoms with Crippen molar-refractivity contribution in [2.45, 2.75) is 25.4 Å². The number of methoxy groups -OCH3 is 2. The van der Waals surface area contributed by atoms with Gasteiger partial charge in [-0.25, -0.2) is 4.99 Å². The molecule has 0 fully saturated rings. The van der Waals surface area contributed by atoms with E-state index in [4.69, 9.17) is 26.8 Å². The van der Waals surface area contributed by atoms with E-state index < -0.39 is 6.04 Å². The fourth-order valence-corrected chi connectivity index (χ4v) is 4.36. The van der Waals surface area contributed by atoms with Gasteiger partial charge in [-0.15, -0.1) is 11.3 Å². The molecule has 0 spiro atoms. The highest BCUT2D eigenvalue weighted by atomic mass is 35.5. The summed E-state index contributed by atoms with van der Waals surface area (Å²) in [6.07, 6.45) is 0.370. The van der Waals surface area contributed by atoms with Crippen LogP contribution in [0, 0.1) is 0 Å². The van der Waals surface area contributed by atoms with E-state index in [-0.39, 0.29) is 24.2 Å². The lowest BCUT2D eigenvalue weighted by atomic mass is 10.1. The van der Waals surface area contributed by atoms with Crippen molar-refractivity contribution in [2.24, 2.45) is 10.7 Å². The Bertz CT molecular complexity index is 1180. The molecular weight excluding hydrogens is 488 g/mol. The number of carbonyl (C=O) groups excluding carboxylic acids is 2. The number of benzene rings is 2. The number of guanidine groups is 1. The highest BCUT2D eigenvalue weighted by Gasteiger charge is 2.20. The minimum atomic E-state index is -0.825. The molecule has 1 heterocycles. The van der Waals surface area contributed by atoms with Crippen molar-refractivity contribution in [3.8, 4) is 11.5 Å². The molecule has 1 aromatic heterocycles. The molecule has 0 saturated heterocycles. The minimum absolute atomic E-state index is 0.0469. The Morgan fingerprint density at radius 3 is 2.43 bits per heavy atom. The highest BCUT2D eigenvalue weighted by Crippen LogP contribution is 2.27. The monoisotopic (exact) mass is 514 g/mol. The zero-order valence-corrected chi connectivity index (χ0v) is 21.0. The van der Waals surface area contributed by atoms with Gasteiger partial charge in [0.25, 0.3) is 0 Å². The van der Waals surface area contributed by atoms with E-state index in [0.717, 1.165) is 10.4 Å². The average Bonchev–Trinajstić information content (AvgIpc) is 3.27. The van der Waals surface area contributed by atoms with E-state index in [2.05, 4.69) is 15.6 Å². The first-order chi connectivity index (χ1) is 16.9. The van der Waals surface area contributed by atoms with Gasteiger partial charge in [-0.05, 0) is 35.4 Å². The Labute approximate surface area is 213 Å². The maximum Gasteiger partial charge on any atom is 0.245 e. The van der Waals surface area contributed by atoms with E-state index in [1.54, 1.807) is 31.4 Å². The van der Waals surface area contributed by atoms with Crippen molar-refractivity contribution in [3.63, 3.8) is 0 Å². The number of nitrogens with zero attached hydrogens (tertiary/aromatic N) is 1. The molecule has 2 amide bonds. The van der Waals surface area contributed by atoms with Crippen LogP contribution in [0.3, 0.4) is 0 Å². The number of rotatable bonds is 10. The van der Waals surface area contributed by atoms with Gasteiger partial charge in [0.2, 0.25) is 11.8 Å². The predicted molar refractivity (Wildman–Crippen MR) is 138 cm³/mol. The van der Waals surface area contributed by atoms with Gasteiger partial charge < -0.3 is 20.5 Å². The summed E-state index contributed by atoms with van der Waals surface area (Å²) in [5.74, 6) is 0.273. The fraction of sp³-hybridized carbons (Fsp3) is 0.240. The van der Waals surface area contributed by atoms with Gasteiger partial charge in [0, 0.05) is 11.3 Å². The largest absolute Gasteiger partial charge is 0.493 e. The van der Waals surface area contributed by atoms with Crippen molar-refractivity contribution >= 4 is 40.7 Å². The first kappa shape index (κ1) is 26.1. The van der Waals surface area contributed by atoms with Gasteiger partial charge in [-0.2, -0.15) is 0 Å². The predicted octanol–water partition coefficient (Wildman–Crippen LogP) is 3.32. The van der Waals surface area contributed by atoms with E-state index >= 15 is 0 Å². The van der Waals surface area contributed by atoms with Crippen LogP contribution in [0.2, 0.25) is 4.34 Å². The number of hydrogen-bond donors (Lipinski definition) is 3. The third kappa shape index (κ3) is 8.01. The molecule has 1 atom stereocenters. The maximum absolute atomic E-state index is 12.9. The van der Waals surface area contributed by atoms with Crippen LogP contribution in [-0.2, 0) is 29.0 Å². The molecule has 8 nitrogen and oxygen atoms in total. The second-order valence-corrected chi connectivity index (χ2v) is 9.36. The number of nitrogens with two attached hydrogens (primary N) is 1. The number of hydrogen-bond acceptors (Lipinski definition) is 6. The number of thiophene rings is 1. The maximum atomic E-state index is 12.9. The lowest BCUT2D eigenvalue weighted by molar-refractivity contribution is -0.122. The zero-order chi connectivity index (χ0) is 25.2. The summed E-state index contributed by atoms with van der Waals surface area (Å²) in [5, 5.41) is 5.43. The van der Waals surface area contributed by atoms with Crippen LogP contribution < -0.4 is 25.8 Å². The Balaban J connectivity index is 1.68. The van der Waals surface area contributed by atoms with Gasteiger partial charge in [-0.3, -0.25) is 14.9 Å². The van der Waals surface area contributed by atoms with Gasteiger partial charge in [0.1, 0.15) is 6.04 Å². The zero-order valence-electron chi connectivity index (χ0n) is 19.4. The lowest BCUT2D eigenvalue weighted by Gasteiger charge is -2.15. The average molecular weight is 515 g/mol. The van der Waals surface area contributed by atoms with Gasteiger partial charge in [-0.1, -0.05) is 48.0 Å². The summed E-state index contributed by atoms with van der Waals surface area (Å²) in [7, 11) is 3.07. The summed E-state index contributed by atoms with van der Waals surface area (Å²) in [6, 6.07) is 17.5. The van der Waals surface area contributed by atoms with Crippen LogP contribution in [-0.4, -0.2) is 38.0 Å². The van der Waals surface area contributed by atoms with Gasteiger partial charge in [0.05, 0.1) is 31.5 Å². The SMILES string of the molecule is COc1ccc(CC(=O)NC(N)=N[C@H](Cc2ccccc2)C(=O)NCc2ccc(Cl)s2)cc1OC. The third-order valence-electron chi connectivity index (χ3n) is 5.02. The molecule has 0 aliphatic heterocycles. The number of amides is 2. The Kier molecular flexibility index (Phi) is 9.51. The summed E-state index contributed by atoms with van der Waals surface area (Å²) in [5.41, 5.74) is 7.64. The van der Waals surface area contributed by atoms with E-state index in [0.29, 0.717) is 34.4 Å². The van der Waals surface area contributed by atoms with E-state index in [1.165, 1.54) is 18.4 Å². The van der Waals surface area contributed by atoms with E-state index in [1.807, 2.05) is 36.4 Å². The molecule has 10 heteroatoms. The molecule has 0 radical (unpaired) electrons. The van der Waals surface area contributed by atoms with Crippen LogP contribution in [0.25, 0.3) is 0 Å². The topological polar surface area (TPSA) is 115 Å². The van der Waals surface area contributed by atoms with Crippen molar-refractivity contribution in [1.29, 1.82) is 0 Å². The molecule has 3 rings (SSSR count). The number of aliphatic imine (C=N–C) groups is 1. The van der Waals surface area contributed by atoms with Crippen molar-refractivity contribution < 1.29 is 19.1 Å². The first-order valence-corrected chi connectivity index (χ1v) is 12.0. The van der Waals surface area contributed by atoms with Crippen molar-refractivity contribution in [2.75, 3.05) is 14.2 Å². The van der Waals surface area contributed by atoms with E-state index in [9.17, 15) is 9.59 Å². The van der Waals surface area contributed by atoms with Crippen LogP contribution in [0.4, 0.5) is 0 Å². The number of halogens is 1. The quantitative estimate of drug-likeness (QED) is 0.283. The second-order valence-electron chi connectivity index (χ2n) is 7.56. The fourth-order valence-electron chi connectivity index (χ4n) is 3.34. The molecule has 4 N–H and O–H groups in total. The van der Waals surface area contributed by atoms with Crippen LogP contribution >= 0.6 is 22.9 Å². The minimum Gasteiger partial charge on any atom is -0.493 e. The summed E-state index contributed by atoms with van der Waals surface area (Å²) in [4.78, 5) is 30.7. The summed E-state index contributed by atoms with van der Waals surface area (Å²) >= 11 is 7.36. The lowest BCUT2D eigenvalue weighted by Crippen LogP contribution is -2.42. The number of nitrogens with one attached hydrogen (secondary N) is 2. The Hall–Kier alpha value is -3.56. The smallest absolute Gasteiger partial charge is 0.245 e. The van der Waals surface area contributed by atoms with Crippen LogP contribution in [0.5, 0.6) is 11.5 Å². The second kappa shape index (κ2) is 12.8. The Morgan fingerprint density at radius 1 is 1.03 bits per heavy atom. The molecule has 0 bridgehead atoms. The molecule has 0 aliphatic carbocycles. The number of ether oxygens (including phenoxy) is 2. The molecule has 0 unspecified atom stereocenters. The summed E-state index contributed by atoms with van der Waals surface area (Å²) < 4.78 is 11.1. The van der Waals surface area contributed by atoms with Crippen molar-refractivity contribution in [1.82, 2.24) is 10.6 Å². The molecule has 2 aromatic carbocycles. The van der Waals surface area contributed by atoms with Gasteiger partial charge >= 0.3 is 0 Å². The Morgan fingerprint density at radius 2 is 1.77 bits per heavy atom. The summed E-state index contributed by atoms with van der Waals surface area (Å²) in [6.45, 7) is 0.322. The standard InChI is InChI=1S/C25H27ClN4O4S/c1-33-20-10-8-17(13-21(20)34-2)14-23(31)30-25(27)29-19(12-16-6-4-3-5-7-16)24(32)28-15-18-9-11-22(26)35-18/h3-11,13,19H,12,14-15H2,1-2H3,(H,28,32)(H3,27,29,30,31)/t19-/m1/s1. The highest BCUT2D eigenvalue weighted by molar-refractivity contribution is 7.16.